The predicted octanol–water partition coefficient (Wildman–Crippen LogP) is 3.20. The fourth-order valence-corrected chi connectivity index (χ4v) is 3.26. The van der Waals surface area contributed by atoms with E-state index < -0.39 is 0 Å². The van der Waals surface area contributed by atoms with Crippen LogP contribution in [0.3, 0.4) is 0 Å². The number of rotatable bonds is 4. The molecular formula is C16H15N3OS. The van der Waals surface area contributed by atoms with Crippen molar-refractivity contribution in [2.45, 2.75) is 12.8 Å². The Morgan fingerprint density at radius 1 is 1.29 bits per heavy atom. The van der Waals surface area contributed by atoms with Gasteiger partial charge in [-0.2, -0.15) is 0 Å². The number of carbonyl (C=O) groups is 1. The zero-order chi connectivity index (χ0) is 14.2. The Bertz CT molecular complexity index is 755. The van der Waals surface area contributed by atoms with Gasteiger partial charge in [-0.25, -0.2) is 4.98 Å². The average Bonchev–Trinajstić information content (AvgIpc) is 3.12. The molecule has 0 unspecified atom stereocenters. The van der Waals surface area contributed by atoms with Crippen LogP contribution < -0.4 is 5.32 Å². The molecule has 1 saturated carbocycles. The van der Waals surface area contributed by atoms with E-state index in [0.29, 0.717) is 11.6 Å². The molecule has 2 aromatic heterocycles. The van der Waals surface area contributed by atoms with E-state index in [1.54, 1.807) is 17.5 Å². The molecule has 1 aliphatic rings. The molecule has 21 heavy (non-hydrogen) atoms. The second-order valence-electron chi connectivity index (χ2n) is 5.43. The monoisotopic (exact) mass is 297 g/mol. The number of imidazole rings is 1. The smallest absolute Gasteiger partial charge is 0.271 e. The number of carbonyl (C=O) groups excluding carboxylic acids is 1. The van der Waals surface area contributed by atoms with Crippen LogP contribution in [0.25, 0.3) is 15.4 Å². The summed E-state index contributed by atoms with van der Waals surface area (Å²) in [5.74, 6) is 0.612. The summed E-state index contributed by atoms with van der Waals surface area (Å²) in [7, 11) is 0. The van der Waals surface area contributed by atoms with Crippen LogP contribution in [-0.4, -0.2) is 21.8 Å². The average molecular weight is 297 g/mol. The Morgan fingerprint density at radius 2 is 2.10 bits per heavy atom. The van der Waals surface area contributed by atoms with E-state index in [-0.39, 0.29) is 5.91 Å². The second kappa shape index (κ2) is 5.00. The summed E-state index contributed by atoms with van der Waals surface area (Å²) in [5.41, 5.74) is 1.68. The number of hydrogen-bond donors (Lipinski definition) is 1. The van der Waals surface area contributed by atoms with Crippen LogP contribution in [0.2, 0.25) is 0 Å². The molecule has 0 bridgehead atoms. The van der Waals surface area contributed by atoms with E-state index >= 15 is 0 Å². The predicted molar refractivity (Wildman–Crippen MR) is 83.6 cm³/mol. The number of amides is 1. The van der Waals surface area contributed by atoms with Gasteiger partial charge in [0.1, 0.15) is 5.69 Å². The largest absolute Gasteiger partial charge is 0.350 e. The third-order valence-corrected chi connectivity index (χ3v) is 4.74. The van der Waals surface area contributed by atoms with Crippen LogP contribution in [0.5, 0.6) is 0 Å². The molecule has 1 fully saturated rings. The number of aromatic nitrogens is 2. The maximum atomic E-state index is 12.0. The molecule has 2 heterocycles. The van der Waals surface area contributed by atoms with Crippen molar-refractivity contribution in [2.24, 2.45) is 5.92 Å². The van der Waals surface area contributed by atoms with Crippen molar-refractivity contribution in [2.75, 3.05) is 6.54 Å². The van der Waals surface area contributed by atoms with Gasteiger partial charge in [-0.3, -0.25) is 9.20 Å². The third kappa shape index (κ3) is 2.56. The lowest BCUT2D eigenvalue weighted by Gasteiger charge is -1.99. The number of hydrogen-bond acceptors (Lipinski definition) is 3. The number of nitrogens with zero attached hydrogens (tertiary/aromatic N) is 2. The minimum atomic E-state index is -0.0703. The molecule has 1 N–H and O–H groups in total. The lowest BCUT2D eigenvalue weighted by Crippen LogP contribution is -2.25. The maximum Gasteiger partial charge on any atom is 0.271 e. The molecule has 0 radical (unpaired) electrons. The van der Waals surface area contributed by atoms with Crippen LogP contribution in [0.15, 0.2) is 42.7 Å². The first kappa shape index (κ1) is 12.6. The molecule has 5 heteroatoms. The van der Waals surface area contributed by atoms with Gasteiger partial charge in [-0.15, -0.1) is 0 Å². The fourth-order valence-electron chi connectivity index (χ4n) is 2.29. The first-order chi connectivity index (χ1) is 10.3. The molecule has 0 saturated heterocycles. The summed E-state index contributed by atoms with van der Waals surface area (Å²) in [4.78, 5) is 18.5. The first-order valence-corrected chi connectivity index (χ1v) is 7.93. The lowest BCUT2D eigenvalue weighted by molar-refractivity contribution is 0.0947. The Balaban J connectivity index is 1.57. The number of benzene rings is 1. The molecule has 1 aliphatic carbocycles. The van der Waals surface area contributed by atoms with Crippen LogP contribution in [0.1, 0.15) is 23.3 Å². The zero-order valence-corrected chi connectivity index (χ0v) is 12.3. The highest BCUT2D eigenvalue weighted by molar-refractivity contribution is 7.20. The second-order valence-corrected chi connectivity index (χ2v) is 6.44. The van der Waals surface area contributed by atoms with Crippen LogP contribution in [0, 0.1) is 5.92 Å². The Hall–Kier alpha value is -2.14. The molecule has 0 atom stereocenters. The lowest BCUT2D eigenvalue weighted by atomic mass is 10.2. The standard InChI is InChI=1S/C16H15N3OS/c20-15(17-8-11-6-7-11)13-9-19-10-14(21-16(19)18-13)12-4-2-1-3-5-12/h1-5,9-11H,6-8H2,(H,17,20). The molecule has 1 aromatic carbocycles. The van der Waals surface area contributed by atoms with Crippen LogP contribution in [0.4, 0.5) is 0 Å². The van der Waals surface area contributed by atoms with E-state index in [9.17, 15) is 4.79 Å². The van der Waals surface area contributed by atoms with Gasteiger partial charge in [0.25, 0.3) is 5.91 Å². The van der Waals surface area contributed by atoms with Crippen molar-refractivity contribution in [3.05, 3.63) is 48.4 Å². The highest BCUT2D eigenvalue weighted by Gasteiger charge is 2.22. The third-order valence-electron chi connectivity index (χ3n) is 3.70. The van der Waals surface area contributed by atoms with Crippen molar-refractivity contribution >= 4 is 22.2 Å². The summed E-state index contributed by atoms with van der Waals surface area (Å²) in [6.45, 7) is 0.777. The Kier molecular flexibility index (Phi) is 3.00. The molecule has 3 aromatic rings. The number of nitrogens with one attached hydrogen (secondary N) is 1. The maximum absolute atomic E-state index is 12.0. The topological polar surface area (TPSA) is 46.4 Å². The van der Waals surface area contributed by atoms with Crippen molar-refractivity contribution < 1.29 is 4.79 Å². The zero-order valence-electron chi connectivity index (χ0n) is 11.5. The van der Waals surface area contributed by atoms with Gasteiger partial charge >= 0.3 is 0 Å². The van der Waals surface area contributed by atoms with Crippen molar-refractivity contribution in [3.8, 4) is 10.4 Å². The first-order valence-electron chi connectivity index (χ1n) is 7.12. The highest BCUT2D eigenvalue weighted by atomic mass is 32.1. The quantitative estimate of drug-likeness (QED) is 0.804. The van der Waals surface area contributed by atoms with Gasteiger partial charge in [-0.1, -0.05) is 41.7 Å². The Labute approximate surface area is 126 Å². The summed E-state index contributed by atoms with van der Waals surface area (Å²) in [6, 6.07) is 10.2. The summed E-state index contributed by atoms with van der Waals surface area (Å²) in [6.07, 6.45) is 6.30. The molecular weight excluding hydrogens is 282 g/mol. The van der Waals surface area contributed by atoms with Gasteiger partial charge in [0, 0.05) is 18.9 Å². The minimum Gasteiger partial charge on any atom is -0.350 e. The summed E-state index contributed by atoms with van der Waals surface area (Å²) >= 11 is 1.60. The van der Waals surface area contributed by atoms with E-state index in [1.807, 2.05) is 28.8 Å². The van der Waals surface area contributed by atoms with Crippen molar-refractivity contribution in [3.63, 3.8) is 0 Å². The Morgan fingerprint density at radius 3 is 2.81 bits per heavy atom. The minimum absolute atomic E-state index is 0.0703. The molecule has 4 nitrogen and oxygen atoms in total. The van der Waals surface area contributed by atoms with Crippen molar-refractivity contribution in [1.82, 2.24) is 14.7 Å². The summed E-state index contributed by atoms with van der Waals surface area (Å²) in [5, 5.41) is 2.95. The number of fused-ring (bicyclic) bond motifs is 1. The SMILES string of the molecule is O=C(NCC1CC1)c1cn2cc(-c3ccccc3)sc2n1. The molecule has 0 spiro atoms. The molecule has 1 amide bonds. The summed E-state index contributed by atoms with van der Waals surface area (Å²) < 4.78 is 1.93. The normalized spacial score (nSPS) is 14.5. The van der Waals surface area contributed by atoms with E-state index in [1.165, 1.54) is 18.4 Å². The van der Waals surface area contributed by atoms with Crippen molar-refractivity contribution in [1.29, 1.82) is 0 Å². The fraction of sp³-hybridized carbons (Fsp3) is 0.250. The van der Waals surface area contributed by atoms with E-state index in [2.05, 4.69) is 22.4 Å². The molecule has 4 rings (SSSR count). The van der Waals surface area contributed by atoms with Gasteiger partial charge < -0.3 is 5.32 Å². The van der Waals surface area contributed by atoms with Gasteiger partial charge in [0.05, 0.1) is 4.88 Å². The van der Waals surface area contributed by atoms with Gasteiger partial charge in [-0.05, 0) is 24.3 Å². The molecule has 0 aliphatic heterocycles. The van der Waals surface area contributed by atoms with E-state index in [4.69, 9.17) is 0 Å². The number of thiazole rings is 1. The molecule has 106 valence electrons. The van der Waals surface area contributed by atoms with Gasteiger partial charge in [0.15, 0.2) is 4.96 Å². The van der Waals surface area contributed by atoms with Crippen LogP contribution in [-0.2, 0) is 0 Å². The van der Waals surface area contributed by atoms with E-state index in [0.717, 1.165) is 16.4 Å². The highest BCUT2D eigenvalue weighted by Crippen LogP contribution is 2.29. The van der Waals surface area contributed by atoms with Gasteiger partial charge in [0.2, 0.25) is 0 Å². The van der Waals surface area contributed by atoms with Crippen LogP contribution >= 0.6 is 11.3 Å².